The van der Waals surface area contributed by atoms with E-state index >= 15 is 0 Å². The third-order valence-electron chi connectivity index (χ3n) is 6.17. The smallest absolute Gasteiger partial charge is 0.294 e. The Kier molecular flexibility index (Phi) is 5.98. The maximum Gasteiger partial charge on any atom is 0.294 e. The van der Waals surface area contributed by atoms with Gasteiger partial charge in [-0.2, -0.15) is 4.39 Å². The first-order valence-corrected chi connectivity index (χ1v) is 11.0. The molecule has 1 saturated heterocycles. The molecular formula is C25H21F3N4O3. The minimum Gasteiger partial charge on any atom is -0.481 e. The Labute approximate surface area is 198 Å². The summed E-state index contributed by atoms with van der Waals surface area (Å²) in [5.41, 5.74) is 0.268. The molecule has 0 amide bonds. The van der Waals surface area contributed by atoms with E-state index in [0.717, 1.165) is 22.1 Å². The average Bonchev–Trinajstić information content (AvgIpc) is 2.87. The van der Waals surface area contributed by atoms with Gasteiger partial charge in [0.05, 0.1) is 24.6 Å². The van der Waals surface area contributed by atoms with Gasteiger partial charge in [0.25, 0.3) is 5.56 Å². The third-order valence-corrected chi connectivity index (χ3v) is 6.17. The standard InChI is InChI=1S/C25H21F3N4O3/c1-13-22(28)25(33)32-12-19(31-23(24(32)30-13)17-4-3-16(26)11-18(17)27)14-6-8-35-20(9-14)15-5-7-29-21(10-15)34-2/h3-5,7,10-12,14,20H,6,8-9H2,1-2H3/t14-,20-/m0/s1. The third kappa shape index (κ3) is 4.25. The van der Waals surface area contributed by atoms with Crippen LogP contribution in [0, 0.1) is 24.4 Å². The van der Waals surface area contributed by atoms with Crippen LogP contribution in [0.5, 0.6) is 5.88 Å². The summed E-state index contributed by atoms with van der Waals surface area (Å²) >= 11 is 0. The van der Waals surface area contributed by atoms with Crippen LogP contribution in [-0.2, 0) is 4.74 Å². The highest BCUT2D eigenvalue weighted by Crippen LogP contribution is 2.38. The lowest BCUT2D eigenvalue weighted by Crippen LogP contribution is -2.24. The Morgan fingerprint density at radius 3 is 2.74 bits per heavy atom. The van der Waals surface area contributed by atoms with E-state index in [4.69, 9.17) is 9.47 Å². The van der Waals surface area contributed by atoms with Gasteiger partial charge in [-0.25, -0.2) is 23.7 Å². The molecule has 4 heterocycles. The number of fused-ring (bicyclic) bond motifs is 1. The minimum absolute atomic E-state index is 0.00867. The molecule has 0 unspecified atom stereocenters. The molecule has 0 radical (unpaired) electrons. The second-order valence-corrected chi connectivity index (χ2v) is 8.36. The van der Waals surface area contributed by atoms with Crippen molar-refractivity contribution in [2.75, 3.05) is 13.7 Å². The van der Waals surface area contributed by atoms with Gasteiger partial charge in [-0.1, -0.05) is 0 Å². The molecule has 3 aromatic heterocycles. The van der Waals surface area contributed by atoms with Crippen LogP contribution in [0.25, 0.3) is 16.9 Å². The lowest BCUT2D eigenvalue weighted by molar-refractivity contribution is 0.00442. The van der Waals surface area contributed by atoms with Gasteiger partial charge < -0.3 is 9.47 Å². The molecule has 2 atom stereocenters. The number of pyridine rings is 1. The summed E-state index contributed by atoms with van der Waals surface area (Å²) < 4.78 is 55.0. The van der Waals surface area contributed by atoms with Gasteiger partial charge in [-0.15, -0.1) is 0 Å². The van der Waals surface area contributed by atoms with Crippen LogP contribution < -0.4 is 10.3 Å². The quantitative estimate of drug-likeness (QED) is 0.426. The van der Waals surface area contributed by atoms with E-state index in [1.54, 1.807) is 12.3 Å². The maximum atomic E-state index is 14.8. The number of hydrogen-bond acceptors (Lipinski definition) is 6. The van der Waals surface area contributed by atoms with Gasteiger partial charge in [0.15, 0.2) is 5.65 Å². The van der Waals surface area contributed by atoms with Crippen LogP contribution in [-0.4, -0.2) is 33.1 Å². The fraction of sp³-hybridized carbons (Fsp3) is 0.280. The molecule has 0 bridgehead atoms. The van der Waals surface area contributed by atoms with Crippen molar-refractivity contribution in [2.24, 2.45) is 0 Å². The van der Waals surface area contributed by atoms with E-state index in [1.807, 2.05) is 6.07 Å². The van der Waals surface area contributed by atoms with Crippen molar-refractivity contribution in [2.45, 2.75) is 31.8 Å². The molecule has 0 aliphatic carbocycles. The zero-order chi connectivity index (χ0) is 24.7. The molecule has 1 aliphatic heterocycles. The highest BCUT2D eigenvalue weighted by molar-refractivity contribution is 5.74. The lowest BCUT2D eigenvalue weighted by atomic mass is 9.89. The van der Waals surface area contributed by atoms with Gasteiger partial charge in [0.2, 0.25) is 11.7 Å². The number of ether oxygens (including phenoxy) is 2. The molecule has 7 nitrogen and oxygen atoms in total. The molecule has 0 saturated carbocycles. The van der Waals surface area contributed by atoms with E-state index in [9.17, 15) is 18.0 Å². The van der Waals surface area contributed by atoms with Gasteiger partial charge in [0, 0.05) is 42.6 Å². The van der Waals surface area contributed by atoms with Crippen molar-refractivity contribution in [3.8, 4) is 17.1 Å². The van der Waals surface area contributed by atoms with E-state index in [2.05, 4.69) is 15.0 Å². The first kappa shape index (κ1) is 23.0. The van der Waals surface area contributed by atoms with Crippen molar-refractivity contribution in [3.05, 3.63) is 87.5 Å². The second-order valence-electron chi connectivity index (χ2n) is 8.36. The minimum atomic E-state index is -1.00. The molecule has 5 rings (SSSR count). The molecule has 180 valence electrons. The van der Waals surface area contributed by atoms with Gasteiger partial charge >= 0.3 is 0 Å². The van der Waals surface area contributed by atoms with Gasteiger partial charge in [0.1, 0.15) is 17.3 Å². The van der Waals surface area contributed by atoms with Crippen molar-refractivity contribution >= 4 is 5.65 Å². The Morgan fingerprint density at radius 2 is 1.97 bits per heavy atom. The van der Waals surface area contributed by atoms with Crippen LogP contribution >= 0.6 is 0 Å². The monoisotopic (exact) mass is 482 g/mol. The Morgan fingerprint density at radius 1 is 1.14 bits per heavy atom. The average molecular weight is 482 g/mol. The van der Waals surface area contributed by atoms with E-state index in [-0.39, 0.29) is 34.6 Å². The predicted molar refractivity (Wildman–Crippen MR) is 121 cm³/mol. The Balaban J connectivity index is 1.64. The molecule has 10 heteroatoms. The number of aryl methyl sites for hydroxylation is 1. The SMILES string of the molecule is COc1cc([C@@H]2C[C@@H](c3cn4c(=O)c(F)c(C)nc4c(-c4ccc(F)cc4F)n3)CCO2)ccn1. The van der Waals surface area contributed by atoms with Gasteiger partial charge in [-0.3, -0.25) is 9.20 Å². The molecule has 1 aromatic carbocycles. The highest BCUT2D eigenvalue weighted by atomic mass is 19.1. The van der Waals surface area contributed by atoms with Crippen molar-refractivity contribution in [1.82, 2.24) is 19.4 Å². The molecular weight excluding hydrogens is 461 g/mol. The number of aromatic nitrogens is 4. The number of hydrogen-bond donors (Lipinski definition) is 0. The normalized spacial score (nSPS) is 18.1. The topological polar surface area (TPSA) is 78.6 Å². The molecule has 4 aromatic rings. The zero-order valence-corrected chi connectivity index (χ0v) is 19.0. The van der Waals surface area contributed by atoms with Gasteiger partial charge in [-0.05, 0) is 43.5 Å². The summed E-state index contributed by atoms with van der Waals surface area (Å²) in [5.74, 6) is -2.34. The highest BCUT2D eigenvalue weighted by Gasteiger charge is 2.28. The number of methoxy groups -OCH3 is 1. The molecule has 0 N–H and O–H groups in total. The summed E-state index contributed by atoms with van der Waals surface area (Å²) in [5, 5.41) is 0. The van der Waals surface area contributed by atoms with Crippen LogP contribution in [0.3, 0.4) is 0 Å². The van der Waals surface area contributed by atoms with Crippen LogP contribution in [0.1, 0.15) is 41.8 Å². The summed E-state index contributed by atoms with van der Waals surface area (Å²) in [6.45, 7) is 1.76. The fourth-order valence-electron chi connectivity index (χ4n) is 4.34. The lowest BCUT2D eigenvalue weighted by Gasteiger charge is -2.30. The molecule has 0 spiro atoms. The van der Waals surface area contributed by atoms with E-state index in [1.165, 1.54) is 26.3 Å². The van der Waals surface area contributed by atoms with E-state index in [0.29, 0.717) is 31.0 Å². The number of nitrogens with zero attached hydrogens (tertiary/aromatic N) is 4. The van der Waals surface area contributed by atoms with E-state index < -0.39 is 23.0 Å². The van der Waals surface area contributed by atoms with Crippen molar-refractivity contribution in [1.29, 1.82) is 0 Å². The predicted octanol–water partition coefficient (Wildman–Crippen LogP) is 4.52. The Hall–Kier alpha value is -3.79. The number of benzene rings is 1. The van der Waals surface area contributed by atoms with Crippen molar-refractivity contribution < 1.29 is 22.6 Å². The maximum absolute atomic E-state index is 14.8. The zero-order valence-electron chi connectivity index (χ0n) is 19.0. The Bertz CT molecular complexity index is 1490. The first-order valence-electron chi connectivity index (χ1n) is 11.0. The second kappa shape index (κ2) is 9.10. The number of halogens is 3. The summed E-state index contributed by atoms with van der Waals surface area (Å²) in [7, 11) is 1.53. The fourth-order valence-corrected chi connectivity index (χ4v) is 4.34. The van der Waals surface area contributed by atoms with Crippen LogP contribution in [0.4, 0.5) is 13.2 Å². The van der Waals surface area contributed by atoms with Crippen LogP contribution in [0.15, 0.2) is 47.5 Å². The largest absolute Gasteiger partial charge is 0.481 e. The number of rotatable bonds is 4. The first-order chi connectivity index (χ1) is 16.9. The van der Waals surface area contributed by atoms with Crippen LogP contribution in [0.2, 0.25) is 0 Å². The molecule has 1 fully saturated rings. The summed E-state index contributed by atoms with van der Waals surface area (Å²) in [6, 6.07) is 6.68. The summed E-state index contributed by atoms with van der Waals surface area (Å²) in [4.78, 5) is 25.7. The molecule has 35 heavy (non-hydrogen) atoms. The molecule has 1 aliphatic rings. The van der Waals surface area contributed by atoms with Crippen molar-refractivity contribution in [3.63, 3.8) is 0 Å². The summed E-state index contributed by atoms with van der Waals surface area (Å²) in [6.07, 6.45) is 3.87.